The standard InChI is InChI=1S/C19H33N8O2Si/c1-13(30(2,3)4)29-19(28)27(9-7-20-8-10-27)18-15-17(23-12-24-18)26-16(25-15)14-11-21-5-6-22-14/h12-14,20-22H,5-11H2,1-4H3,(H,23,24,25,26)/q+1. The number of quaternary nitrogens is 1. The Morgan fingerprint density at radius 1 is 1.17 bits per heavy atom. The Balaban J connectivity index is 1.73. The number of aromatic nitrogens is 4. The van der Waals surface area contributed by atoms with Gasteiger partial charge >= 0.3 is 6.09 Å². The molecule has 0 radical (unpaired) electrons. The van der Waals surface area contributed by atoms with Crippen LogP contribution in [0.1, 0.15) is 18.8 Å². The third kappa shape index (κ3) is 3.99. The summed E-state index contributed by atoms with van der Waals surface area (Å²) >= 11 is 0. The van der Waals surface area contributed by atoms with E-state index >= 15 is 0 Å². The van der Waals surface area contributed by atoms with E-state index in [1.165, 1.54) is 6.33 Å². The molecule has 4 N–H and O–H groups in total. The highest BCUT2D eigenvalue weighted by molar-refractivity contribution is 6.77. The number of fused-ring (bicyclic) bond motifs is 1. The van der Waals surface area contributed by atoms with Crippen molar-refractivity contribution in [2.75, 3.05) is 45.8 Å². The third-order valence-electron chi connectivity index (χ3n) is 6.25. The van der Waals surface area contributed by atoms with Crippen LogP contribution in [0.25, 0.3) is 11.2 Å². The molecule has 0 aromatic carbocycles. The molecule has 11 heteroatoms. The van der Waals surface area contributed by atoms with Crippen LogP contribution in [0.2, 0.25) is 19.6 Å². The average molecular weight is 434 g/mol. The first-order valence-electron chi connectivity index (χ1n) is 10.8. The van der Waals surface area contributed by atoms with Gasteiger partial charge in [0.1, 0.15) is 25.2 Å². The Kier molecular flexibility index (Phi) is 5.90. The van der Waals surface area contributed by atoms with Crippen molar-refractivity contribution in [2.24, 2.45) is 0 Å². The second-order valence-electron chi connectivity index (χ2n) is 9.29. The highest BCUT2D eigenvalue weighted by Crippen LogP contribution is 2.31. The van der Waals surface area contributed by atoms with Gasteiger partial charge in [-0.2, -0.15) is 14.3 Å². The number of H-pyrrole nitrogens is 1. The molecular formula is C19H33N8O2Si+. The summed E-state index contributed by atoms with van der Waals surface area (Å²) < 4.78 is 6.09. The van der Waals surface area contributed by atoms with Gasteiger partial charge < -0.3 is 25.7 Å². The minimum atomic E-state index is -1.63. The van der Waals surface area contributed by atoms with Gasteiger partial charge in [-0.05, 0) is 6.92 Å². The number of nitrogens with zero attached hydrogens (tertiary/aromatic N) is 4. The lowest BCUT2D eigenvalue weighted by Crippen LogP contribution is -2.64. The van der Waals surface area contributed by atoms with E-state index in [0.29, 0.717) is 24.6 Å². The van der Waals surface area contributed by atoms with Gasteiger partial charge in [0.05, 0.1) is 19.8 Å². The monoisotopic (exact) mass is 433 g/mol. The average Bonchev–Trinajstić information content (AvgIpc) is 3.18. The fraction of sp³-hybridized carbons (Fsp3) is 0.684. The first-order valence-corrected chi connectivity index (χ1v) is 14.3. The van der Waals surface area contributed by atoms with E-state index in [9.17, 15) is 4.79 Å². The van der Waals surface area contributed by atoms with Crippen LogP contribution >= 0.6 is 0 Å². The zero-order chi connectivity index (χ0) is 21.4. The minimum absolute atomic E-state index is 0.0544. The van der Waals surface area contributed by atoms with Crippen molar-refractivity contribution in [1.82, 2.24) is 40.4 Å². The number of hydrogen-bond acceptors (Lipinski definition) is 8. The van der Waals surface area contributed by atoms with Gasteiger partial charge in [0, 0.05) is 32.7 Å². The second kappa shape index (κ2) is 8.31. The molecule has 4 rings (SSSR count). The van der Waals surface area contributed by atoms with Crippen LogP contribution in [0, 0.1) is 0 Å². The summed E-state index contributed by atoms with van der Waals surface area (Å²) in [6, 6.07) is 0.0798. The Labute approximate surface area is 177 Å². The quantitative estimate of drug-likeness (QED) is 0.415. The summed E-state index contributed by atoms with van der Waals surface area (Å²) in [5.74, 6) is 1.47. The Morgan fingerprint density at radius 3 is 2.60 bits per heavy atom. The number of ether oxygens (including phenoxy) is 1. The molecule has 0 aliphatic carbocycles. The summed E-state index contributed by atoms with van der Waals surface area (Å²) in [4.78, 5) is 30.6. The Hall–Kier alpha value is -1.92. The number of hydrogen-bond donors (Lipinski definition) is 4. The van der Waals surface area contributed by atoms with Crippen molar-refractivity contribution in [3.63, 3.8) is 0 Å². The number of carbonyl (C=O) groups is 1. The molecule has 2 saturated heterocycles. The fourth-order valence-electron chi connectivity index (χ4n) is 3.86. The summed E-state index contributed by atoms with van der Waals surface area (Å²) in [5.41, 5.74) is 1.23. The van der Waals surface area contributed by atoms with E-state index in [4.69, 9.17) is 9.72 Å². The van der Waals surface area contributed by atoms with E-state index in [-0.39, 0.29) is 22.3 Å². The topological polar surface area (TPSA) is 117 Å². The highest BCUT2D eigenvalue weighted by Gasteiger charge is 2.47. The molecule has 1 amide bonds. The van der Waals surface area contributed by atoms with Crippen LogP contribution in [0.5, 0.6) is 0 Å². The molecular weight excluding hydrogens is 400 g/mol. The van der Waals surface area contributed by atoms with Gasteiger partial charge in [0.2, 0.25) is 0 Å². The first kappa shape index (κ1) is 21.3. The maximum Gasteiger partial charge on any atom is 0.522 e. The number of carbonyl (C=O) groups excluding carboxylic acids is 1. The SMILES string of the molecule is CC(OC(=O)[N+]1(c2ncnc3nc(C4CNCCN4)[nH]c23)CCNCC1)[Si](C)(C)C. The van der Waals surface area contributed by atoms with Crippen molar-refractivity contribution in [1.29, 1.82) is 0 Å². The highest BCUT2D eigenvalue weighted by atomic mass is 28.3. The van der Waals surface area contributed by atoms with E-state index in [0.717, 1.165) is 44.1 Å². The lowest BCUT2D eigenvalue weighted by Gasteiger charge is -2.37. The lowest BCUT2D eigenvalue weighted by molar-refractivity contribution is 0.0886. The van der Waals surface area contributed by atoms with Gasteiger partial charge in [0.25, 0.3) is 5.82 Å². The molecule has 164 valence electrons. The number of imidazole rings is 1. The minimum Gasteiger partial charge on any atom is -0.421 e. The number of rotatable bonds is 4. The molecule has 0 saturated carbocycles. The molecule has 2 aromatic heterocycles. The fourth-order valence-corrected chi connectivity index (χ4v) is 4.31. The molecule has 2 atom stereocenters. The van der Waals surface area contributed by atoms with Crippen LogP contribution in [0.3, 0.4) is 0 Å². The summed E-state index contributed by atoms with van der Waals surface area (Å²) in [6.07, 6.45) is 1.27. The van der Waals surface area contributed by atoms with Crippen molar-refractivity contribution in [3.8, 4) is 0 Å². The van der Waals surface area contributed by atoms with Gasteiger partial charge in [-0.3, -0.25) is 0 Å². The molecule has 2 aliphatic heterocycles. The number of piperazine rings is 2. The van der Waals surface area contributed by atoms with Crippen LogP contribution in [0.15, 0.2) is 6.33 Å². The van der Waals surface area contributed by atoms with Crippen LogP contribution < -0.4 is 20.4 Å². The molecule has 2 aromatic rings. The molecule has 30 heavy (non-hydrogen) atoms. The Morgan fingerprint density at radius 2 is 1.93 bits per heavy atom. The van der Waals surface area contributed by atoms with Crippen LogP contribution in [-0.2, 0) is 4.74 Å². The predicted molar refractivity (Wildman–Crippen MR) is 119 cm³/mol. The van der Waals surface area contributed by atoms with E-state index in [1.807, 2.05) is 6.92 Å². The summed E-state index contributed by atoms with van der Waals surface area (Å²) in [7, 11) is -1.63. The van der Waals surface area contributed by atoms with E-state index in [1.54, 1.807) is 0 Å². The van der Waals surface area contributed by atoms with Crippen molar-refractivity contribution >= 4 is 31.1 Å². The van der Waals surface area contributed by atoms with Crippen LogP contribution in [0.4, 0.5) is 10.6 Å². The van der Waals surface area contributed by atoms with Gasteiger partial charge in [0.15, 0.2) is 11.2 Å². The molecule has 10 nitrogen and oxygen atoms in total. The Bertz CT molecular complexity index is 900. The first-order chi connectivity index (χ1) is 14.3. The number of amides is 1. The second-order valence-corrected chi connectivity index (χ2v) is 14.8. The molecule has 4 heterocycles. The van der Waals surface area contributed by atoms with Crippen molar-refractivity contribution < 1.29 is 9.53 Å². The molecule has 2 unspecified atom stereocenters. The third-order valence-corrected chi connectivity index (χ3v) is 8.81. The predicted octanol–water partition coefficient (Wildman–Crippen LogP) is 0.900. The molecule has 2 fully saturated rings. The molecule has 0 bridgehead atoms. The molecule has 2 aliphatic rings. The maximum absolute atomic E-state index is 13.6. The zero-order valence-corrected chi connectivity index (χ0v) is 19.3. The summed E-state index contributed by atoms with van der Waals surface area (Å²) in [6.45, 7) is 13.9. The largest absolute Gasteiger partial charge is 0.522 e. The zero-order valence-electron chi connectivity index (χ0n) is 18.3. The number of nitrogens with one attached hydrogen (secondary N) is 4. The van der Waals surface area contributed by atoms with Gasteiger partial charge in [-0.1, -0.05) is 19.6 Å². The van der Waals surface area contributed by atoms with Gasteiger partial charge in [-0.15, -0.1) is 0 Å². The van der Waals surface area contributed by atoms with E-state index < -0.39 is 8.07 Å². The lowest BCUT2D eigenvalue weighted by atomic mass is 10.2. The van der Waals surface area contributed by atoms with Crippen LogP contribution in [-0.4, -0.2) is 85.6 Å². The smallest absolute Gasteiger partial charge is 0.421 e. The van der Waals surface area contributed by atoms with E-state index in [2.05, 4.69) is 50.5 Å². The normalized spacial score (nSPS) is 23.3. The van der Waals surface area contributed by atoms with Gasteiger partial charge in [-0.25, -0.2) is 9.97 Å². The maximum atomic E-state index is 13.6. The van der Waals surface area contributed by atoms with Crippen molar-refractivity contribution in [3.05, 3.63) is 12.2 Å². The molecule has 0 spiro atoms. The van der Waals surface area contributed by atoms with Crippen molar-refractivity contribution in [2.45, 2.75) is 38.3 Å². The summed E-state index contributed by atoms with van der Waals surface area (Å²) in [5, 5.41) is 10.2. The number of aromatic amines is 1.